The Labute approximate surface area is 202 Å². The van der Waals surface area contributed by atoms with Gasteiger partial charge in [-0.15, -0.1) is 11.8 Å². The summed E-state index contributed by atoms with van der Waals surface area (Å²) in [6.07, 6.45) is 6.60. The lowest BCUT2D eigenvalue weighted by Crippen LogP contribution is -2.37. The summed E-state index contributed by atoms with van der Waals surface area (Å²) in [5.74, 6) is -0.0551. The van der Waals surface area contributed by atoms with Crippen LogP contribution in [-0.4, -0.2) is 47.5 Å². The number of methoxy groups -OCH3 is 1. The van der Waals surface area contributed by atoms with Gasteiger partial charge in [-0.05, 0) is 41.8 Å². The second-order valence-electron chi connectivity index (χ2n) is 7.76. The number of hydrogen-bond donors (Lipinski definition) is 1. The zero-order valence-corrected chi connectivity index (χ0v) is 19.5. The zero-order chi connectivity index (χ0) is 23.9. The maximum Gasteiger partial charge on any atom is 0.410 e. The standard InChI is InChI=1S/C25H24N4O4S/c1-32-21-5-3-2-4-18(21)6-7-23(30)28-24-20(14-26)19-10-13-29(15-22(19)34-24)25(31)33-16-17-8-11-27-12-9-17/h2-9,11-12,20,24H,10,13,15-16H2,1H3,(H,28,30)/b7-6+. The van der Waals surface area contributed by atoms with E-state index in [1.54, 1.807) is 42.6 Å². The quantitative estimate of drug-likeness (QED) is 0.634. The van der Waals surface area contributed by atoms with Gasteiger partial charge in [0.25, 0.3) is 0 Å². The molecule has 0 spiro atoms. The van der Waals surface area contributed by atoms with Gasteiger partial charge in [-0.1, -0.05) is 18.2 Å². The summed E-state index contributed by atoms with van der Waals surface area (Å²) >= 11 is 1.43. The Morgan fingerprint density at radius 2 is 2.09 bits per heavy atom. The fourth-order valence-electron chi connectivity index (χ4n) is 3.88. The van der Waals surface area contributed by atoms with Crippen LogP contribution in [0.1, 0.15) is 17.5 Å². The van der Waals surface area contributed by atoms with Gasteiger partial charge >= 0.3 is 6.09 Å². The van der Waals surface area contributed by atoms with Crippen molar-refractivity contribution in [2.24, 2.45) is 5.92 Å². The number of ether oxygens (including phenoxy) is 2. The minimum atomic E-state index is -0.432. The Hall–Kier alpha value is -3.77. The maximum atomic E-state index is 12.6. The average Bonchev–Trinajstić information content (AvgIpc) is 3.22. The monoisotopic (exact) mass is 476 g/mol. The Bertz CT molecular complexity index is 1160. The summed E-state index contributed by atoms with van der Waals surface area (Å²) in [6.45, 7) is 1.02. The van der Waals surface area contributed by atoms with Crippen LogP contribution in [0.5, 0.6) is 5.75 Å². The van der Waals surface area contributed by atoms with E-state index in [0.29, 0.717) is 25.3 Å². The van der Waals surface area contributed by atoms with E-state index < -0.39 is 17.4 Å². The molecule has 1 aromatic heterocycles. The normalized spacial score (nSPS) is 19.5. The number of benzene rings is 1. The number of pyridine rings is 1. The third kappa shape index (κ3) is 5.41. The fourth-order valence-corrected chi connectivity index (χ4v) is 5.34. The molecule has 0 aliphatic carbocycles. The van der Waals surface area contributed by atoms with E-state index in [1.165, 1.54) is 17.8 Å². The van der Waals surface area contributed by atoms with Crippen LogP contribution in [0.25, 0.3) is 6.08 Å². The number of nitrogens with zero attached hydrogens (tertiary/aromatic N) is 3. The highest BCUT2D eigenvalue weighted by Crippen LogP contribution is 2.44. The molecular formula is C25H24N4O4S. The summed E-state index contributed by atoms with van der Waals surface area (Å²) in [6, 6.07) is 13.3. The van der Waals surface area contributed by atoms with Gasteiger partial charge < -0.3 is 19.7 Å². The third-order valence-electron chi connectivity index (χ3n) is 5.64. The SMILES string of the molecule is COc1ccccc1/C=C/C(=O)NC1SC2=C(CCN(C(=O)OCc3ccncc3)C2)C1C#N. The van der Waals surface area contributed by atoms with Crippen LogP contribution in [0.15, 0.2) is 65.3 Å². The van der Waals surface area contributed by atoms with Gasteiger partial charge in [0.05, 0.1) is 31.0 Å². The lowest BCUT2D eigenvalue weighted by Gasteiger charge is -2.27. The molecule has 1 aromatic carbocycles. The largest absolute Gasteiger partial charge is 0.496 e. The fraction of sp³-hybridized carbons (Fsp3) is 0.280. The predicted octanol–water partition coefficient (Wildman–Crippen LogP) is 3.73. The maximum absolute atomic E-state index is 12.6. The van der Waals surface area contributed by atoms with E-state index in [1.807, 2.05) is 24.3 Å². The smallest absolute Gasteiger partial charge is 0.410 e. The molecule has 8 nitrogen and oxygen atoms in total. The van der Waals surface area contributed by atoms with E-state index in [2.05, 4.69) is 16.4 Å². The van der Waals surface area contributed by atoms with Crippen molar-refractivity contribution in [3.8, 4) is 11.8 Å². The van der Waals surface area contributed by atoms with Gasteiger partial charge in [-0.3, -0.25) is 9.78 Å². The Kier molecular flexibility index (Phi) is 7.50. The highest BCUT2D eigenvalue weighted by Gasteiger charge is 2.40. The topological polar surface area (TPSA) is 105 Å². The number of carbonyl (C=O) groups excluding carboxylic acids is 2. The van der Waals surface area contributed by atoms with Gasteiger partial charge in [0.2, 0.25) is 5.91 Å². The molecule has 2 amide bonds. The number of nitrogens with one attached hydrogen (secondary N) is 1. The molecule has 4 rings (SSSR count). The van der Waals surface area contributed by atoms with Crippen molar-refractivity contribution in [2.75, 3.05) is 20.2 Å². The Balaban J connectivity index is 1.34. The molecule has 34 heavy (non-hydrogen) atoms. The number of rotatable bonds is 6. The van der Waals surface area contributed by atoms with Crippen LogP contribution in [-0.2, 0) is 16.1 Å². The summed E-state index contributed by atoms with van der Waals surface area (Å²) < 4.78 is 10.7. The highest BCUT2D eigenvalue weighted by molar-refractivity contribution is 8.04. The second kappa shape index (κ2) is 10.9. The zero-order valence-electron chi connectivity index (χ0n) is 18.6. The van der Waals surface area contributed by atoms with Crippen LogP contribution in [0.4, 0.5) is 4.79 Å². The van der Waals surface area contributed by atoms with Gasteiger partial charge in [-0.2, -0.15) is 5.26 Å². The molecule has 0 saturated heterocycles. The number of nitriles is 1. The van der Waals surface area contributed by atoms with Crippen LogP contribution < -0.4 is 10.1 Å². The minimum Gasteiger partial charge on any atom is -0.496 e. The summed E-state index contributed by atoms with van der Waals surface area (Å²) in [5, 5.41) is 12.3. The molecule has 0 radical (unpaired) electrons. The predicted molar refractivity (Wildman–Crippen MR) is 128 cm³/mol. The molecule has 3 heterocycles. The number of hydrogen-bond acceptors (Lipinski definition) is 7. The van der Waals surface area contributed by atoms with Gasteiger partial charge in [-0.25, -0.2) is 4.79 Å². The molecule has 1 N–H and O–H groups in total. The van der Waals surface area contributed by atoms with E-state index in [-0.39, 0.29) is 12.5 Å². The molecule has 0 saturated carbocycles. The van der Waals surface area contributed by atoms with E-state index in [0.717, 1.165) is 21.6 Å². The minimum absolute atomic E-state index is 0.176. The van der Waals surface area contributed by atoms with Crippen molar-refractivity contribution >= 4 is 29.8 Å². The molecule has 2 aliphatic heterocycles. The van der Waals surface area contributed by atoms with Crippen LogP contribution >= 0.6 is 11.8 Å². The first-order chi connectivity index (χ1) is 16.6. The summed E-state index contributed by atoms with van der Waals surface area (Å²) in [7, 11) is 1.58. The molecule has 2 atom stereocenters. The van der Waals surface area contributed by atoms with Crippen LogP contribution in [0.2, 0.25) is 0 Å². The van der Waals surface area contributed by atoms with Crippen molar-refractivity contribution in [1.29, 1.82) is 5.26 Å². The van der Waals surface area contributed by atoms with E-state index in [4.69, 9.17) is 9.47 Å². The lowest BCUT2D eigenvalue weighted by atomic mass is 9.94. The van der Waals surface area contributed by atoms with Crippen molar-refractivity contribution in [2.45, 2.75) is 18.4 Å². The van der Waals surface area contributed by atoms with Crippen molar-refractivity contribution in [1.82, 2.24) is 15.2 Å². The van der Waals surface area contributed by atoms with Gasteiger partial charge in [0, 0.05) is 35.5 Å². The summed E-state index contributed by atoms with van der Waals surface area (Å²) in [5.41, 5.74) is 2.64. The lowest BCUT2D eigenvalue weighted by molar-refractivity contribution is -0.116. The molecule has 2 unspecified atom stereocenters. The van der Waals surface area contributed by atoms with Gasteiger partial charge in [0.1, 0.15) is 12.4 Å². The first kappa shape index (κ1) is 23.4. The molecular weight excluding hydrogens is 452 g/mol. The van der Waals surface area contributed by atoms with Crippen LogP contribution in [0.3, 0.4) is 0 Å². The molecule has 9 heteroatoms. The molecule has 2 aromatic rings. The number of carbonyl (C=O) groups is 2. The summed E-state index contributed by atoms with van der Waals surface area (Å²) in [4.78, 5) is 31.6. The van der Waals surface area contributed by atoms with Crippen molar-refractivity contribution < 1.29 is 19.1 Å². The number of thioether (sulfide) groups is 1. The number of aromatic nitrogens is 1. The molecule has 0 bridgehead atoms. The van der Waals surface area contributed by atoms with Crippen molar-refractivity contribution in [3.63, 3.8) is 0 Å². The second-order valence-corrected chi connectivity index (χ2v) is 9.00. The highest BCUT2D eigenvalue weighted by atomic mass is 32.2. The molecule has 174 valence electrons. The Morgan fingerprint density at radius 3 is 2.85 bits per heavy atom. The van der Waals surface area contributed by atoms with Crippen molar-refractivity contribution in [3.05, 3.63) is 76.5 Å². The Morgan fingerprint density at radius 1 is 1.29 bits per heavy atom. The van der Waals surface area contributed by atoms with E-state index in [9.17, 15) is 14.9 Å². The average molecular weight is 477 g/mol. The van der Waals surface area contributed by atoms with E-state index >= 15 is 0 Å². The molecule has 0 fully saturated rings. The third-order valence-corrected chi connectivity index (χ3v) is 6.96. The number of amides is 2. The first-order valence-electron chi connectivity index (χ1n) is 10.8. The van der Waals surface area contributed by atoms with Gasteiger partial charge in [0.15, 0.2) is 0 Å². The molecule has 2 aliphatic rings. The van der Waals surface area contributed by atoms with Crippen LogP contribution in [0, 0.1) is 17.2 Å². The first-order valence-corrected chi connectivity index (χ1v) is 11.7. The number of para-hydroxylation sites is 1.